The van der Waals surface area contributed by atoms with Crippen LogP contribution in [0.2, 0.25) is 0 Å². The molecule has 0 aliphatic carbocycles. The first-order valence-corrected chi connectivity index (χ1v) is 4.50. The summed E-state index contributed by atoms with van der Waals surface area (Å²) in [6.07, 6.45) is 0.344. The average Bonchev–Trinajstić information content (AvgIpc) is 2.15. The molecule has 0 aliphatic heterocycles. The van der Waals surface area contributed by atoms with E-state index in [2.05, 4.69) is 4.98 Å². The summed E-state index contributed by atoms with van der Waals surface area (Å²) in [4.78, 5) is 3.75. The van der Waals surface area contributed by atoms with E-state index in [-0.39, 0.29) is 12.7 Å². The van der Waals surface area contributed by atoms with Crippen molar-refractivity contribution in [2.45, 2.75) is 26.1 Å². The largest absolute Gasteiger partial charge is 0.384 e. The Morgan fingerprint density at radius 3 is 2.71 bits per heavy atom. The highest BCUT2D eigenvalue weighted by atomic mass is 19.1. The van der Waals surface area contributed by atoms with Crippen molar-refractivity contribution in [1.82, 2.24) is 4.98 Å². The third-order valence-electron chi connectivity index (χ3n) is 1.68. The SMILES string of the molecule is CC(C)OCC(O)c1ccc(F)cn1. The Morgan fingerprint density at radius 1 is 1.50 bits per heavy atom. The molecule has 0 amide bonds. The van der Waals surface area contributed by atoms with E-state index in [1.54, 1.807) is 0 Å². The van der Waals surface area contributed by atoms with Crippen molar-refractivity contribution in [3.63, 3.8) is 0 Å². The highest BCUT2D eigenvalue weighted by molar-refractivity contribution is 5.07. The van der Waals surface area contributed by atoms with E-state index in [1.807, 2.05) is 13.8 Å². The topological polar surface area (TPSA) is 42.4 Å². The molecule has 3 nitrogen and oxygen atoms in total. The first kappa shape index (κ1) is 11.1. The molecule has 0 saturated heterocycles. The average molecular weight is 199 g/mol. The minimum absolute atomic E-state index is 0.0603. The Kier molecular flexibility index (Phi) is 3.98. The number of rotatable bonds is 4. The molecule has 0 bridgehead atoms. The molecule has 1 aromatic heterocycles. The molecule has 0 saturated carbocycles. The maximum Gasteiger partial charge on any atom is 0.141 e. The van der Waals surface area contributed by atoms with E-state index in [0.717, 1.165) is 6.20 Å². The van der Waals surface area contributed by atoms with Gasteiger partial charge in [-0.3, -0.25) is 4.98 Å². The van der Waals surface area contributed by atoms with Crippen molar-refractivity contribution in [2.75, 3.05) is 6.61 Å². The summed E-state index contributed by atoms with van der Waals surface area (Å²) in [5.41, 5.74) is 0.423. The highest BCUT2D eigenvalue weighted by Crippen LogP contribution is 2.11. The van der Waals surface area contributed by atoms with Gasteiger partial charge in [0.05, 0.1) is 24.6 Å². The van der Waals surface area contributed by atoms with Gasteiger partial charge >= 0.3 is 0 Å². The van der Waals surface area contributed by atoms with Crippen LogP contribution in [0.4, 0.5) is 4.39 Å². The first-order valence-electron chi connectivity index (χ1n) is 4.50. The molecular weight excluding hydrogens is 185 g/mol. The number of aromatic nitrogens is 1. The Bertz CT molecular complexity index is 274. The number of halogens is 1. The van der Waals surface area contributed by atoms with Crippen molar-refractivity contribution in [1.29, 1.82) is 0 Å². The Hall–Kier alpha value is -1.00. The van der Waals surface area contributed by atoms with Gasteiger partial charge in [-0.1, -0.05) is 0 Å². The van der Waals surface area contributed by atoms with Crippen LogP contribution in [-0.4, -0.2) is 22.8 Å². The van der Waals surface area contributed by atoms with Crippen molar-refractivity contribution in [3.05, 3.63) is 29.8 Å². The fourth-order valence-electron chi connectivity index (χ4n) is 0.953. The monoisotopic (exact) mass is 199 g/mol. The Labute approximate surface area is 82.5 Å². The van der Waals surface area contributed by atoms with E-state index >= 15 is 0 Å². The van der Waals surface area contributed by atoms with Crippen LogP contribution in [-0.2, 0) is 4.74 Å². The van der Waals surface area contributed by atoms with Gasteiger partial charge in [0, 0.05) is 0 Å². The zero-order valence-electron chi connectivity index (χ0n) is 8.27. The summed E-state index contributed by atoms with van der Waals surface area (Å²) in [5, 5.41) is 9.55. The summed E-state index contributed by atoms with van der Waals surface area (Å²) in [5.74, 6) is -0.411. The Morgan fingerprint density at radius 2 is 2.21 bits per heavy atom. The maximum atomic E-state index is 12.5. The quantitative estimate of drug-likeness (QED) is 0.802. The number of nitrogens with zero attached hydrogens (tertiary/aromatic N) is 1. The van der Waals surface area contributed by atoms with Crippen LogP contribution in [0.3, 0.4) is 0 Å². The normalized spacial score (nSPS) is 13.2. The van der Waals surface area contributed by atoms with E-state index in [1.165, 1.54) is 12.1 Å². The van der Waals surface area contributed by atoms with Crippen molar-refractivity contribution >= 4 is 0 Å². The van der Waals surface area contributed by atoms with Gasteiger partial charge in [0.15, 0.2) is 0 Å². The molecule has 0 fully saturated rings. The molecule has 1 N–H and O–H groups in total. The minimum Gasteiger partial charge on any atom is -0.384 e. The molecule has 0 aromatic carbocycles. The van der Waals surface area contributed by atoms with Gasteiger partial charge in [-0.2, -0.15) is 0 Å². The summed E-state index contributed by atoms with van der Waals surface area (Å²) in [6, 6.07) is 2.71. The molecule has 0 spiro atoms. The second kappa shape index (κ2) is 5.02. The van der Waals surface area contributed by atoms with Crippen LogP contribution >= 0.6 is 0 Å². The van der Waals surface area contributed by atoms with Crippen LogP contribution < -0.4 is 0 Å². The fraction of sp³-hybridized carbons (Fsp3) is 0.500. The molecule has 1 heterocycles. The van der Waals surface area contributed by atoms with E-state index in [4.69, 9.17) is 4.74 Å². The molecule has 14 heavy (non-hydrogen) atoms. The zero-order chi connectivity index (χ0) is 10.6. The number of ether oxygens (including phenoxy) is 1. The minimum atomic E-state index is -0.794. The fourth-order valence-corrected chi connectivity index (χ4v) is 0.953. The van der Waals surface area contributed by atoms with Crippen LogP contribution in [0.1, 0.15) is 25.6 Å². The number of pyridine rings is 1. The lowest BCUT2D eigenvalue weighted by molar-refractivity contribution is 0.00323. The van der Waals surface area contributed by atoms with Crippen LogP contribution in [0, 0.1) is 5.82 Å². The molecule has 1 unspecified atom stereocenters. The number of aliphatic hydroxyl groups is 1. The zero-order valence-corrected chi connectivity index (χ0v) is 8.27. The second-order valence-corrected chi connectivity index (χ2v) is 3.30. The van der Waals surface area contributed by atoms with Gasteiger partial charge in [0.25, 0.3) is 0 Å². The van der Waals surface area contributed by atoms with Crippen LogP contribution in [0.5, 0.6) is 0 Å². The van der Waals surface area contributed by atoms with Crippen LogP contribution in [0.25, 0.3) is 0 Å². The lowest BCUT2D eigenvalue weighted by atomic mass is 10.2. The number of hydrogen-bond donors (Lipinski definition) is 1. The van der Waals surface area contributed by atoms with Crippen molar-refractivity contribution < 1.29 is 14.2 Å². The summed E-state index contributed by atoms with van der Waals surface area (Å²) < 4.78 is 17.7. The first-order chi connectivity index (χ1) is 6.59. The summed E-state index contributed by atoms with van der Waals surface area (Å²) in [6.45, 7) is 3.94. The van der Waals surface area contributed by atoms with E-state index in [0.29, 0.717) is 5.69 Å². The molecular formula is C10H14FNO2. The number of hydrogen-bond acceptors (Lipinski definition) is 3. The van der Waals surface area contributed by atoms with E-state index in [9.17, 15) is 9.50 Å². The van der Waals surface area contributed by atoms with E-state index < -0.39 is 11.9 Å². The molecule has 4 heteroatoms. The molecule has 78 valence electrons. The van der Waals surface area contributed by atoms with Gasteiger partial charge < -0.3 is 9.84 Å². The standard InChI is InChI=1S/C10H14FNO2/c1-7(2)14-6-10(13)9-4-3-8(11)5-12-9/h3-5,7,10,13H,6H2,1-2H3. The highest BCUT2D eigenvalue weighted by Gasteiger charge is 2.09. The molecule has 1 rings (SSSR count). The smallest absolute Gasteiger partial charge is 0.141 e. The van der Waals surface area contributed by atoms with Crippen LogP contribution in [0.15, 0.2) is 18.3 Å². The van der Waals surface area contributed by atoms with Gasteiger partial charge in [0.1, 0.15) is 11.9 Å². The van der Waals surface area contributed by atoms with Crippen molar-refractivity contribution in [3.8, 4) is 0 Å². The van der Waals surface area contributed by atoms with Gasteiger partial charge in [-0.15, -0.1) is 0 Å². The predicted octanol–water partition coefficient (Wildman–Crippen LogP) is 1.68. The molecule has 1 atom stereocenters. The lowest BCUT2D eigenvalue weighted by Gasteiger charge is -2.12. The summed E-state index contributed by atoms with van der Waals surface area (Å²) in [7, 11) is 0. The Balaban J connectivity index is 2.52. The third kappa shape index (κ3) is 3.40. The maximum absolute atomic E-state index is 12.5. The predicted molar refractivity (Wildman–Crippen MR) is 50.2 cm³/mol. The van der Waals surface area contributed by atoms with Gasteiger partial charge in [-0.05, 0) is 26.0 Å². The second-order valence-electron chi connectivity index (χ2n) is 3.30. The molecule has 0 radical (unpaired) electrons. The van der Waals surface area contributed by atoms with Crippen molar-refractivity contribution in [2.24, 2.45) is 0 Å². The molecule has 1 aromatic rings. The summed E-state index contributed by atoms with van der Waals surface area (Å²) >= 11 is 0. The number of aliphatic hydroxyl groups excluding tert-OH is 1. The third-order valence-corrected chi connectivity index (χ3v) is 1.68. The molecule has 0 aliphatic rings. The van der Waals surface area contributed by atoms with Gasteiger partial charge in [-0.25, -0.2) is 4.39 Å². The van der Waals surface area contributed by atoms with Gasteiger partial charge in [0.2, 0.25) is 0 Å². The lowest BCUT2D eigenvalue weighted by Crippen LogP contribution is -2.12.